The Morgan fingerprint density at radius 2 is 2.35 bits per heavy atom. The summed E-state index contributed by atoms with van der Waals surface area (Å²) in [6.45, 7) is 1.79. The molecule has 17 heavy (non-hydrogen) atoms. The monoisotopic (exact) mass is 236 g/mol. The first kappa shape index (κ1) is 12.0. The molecule has 0 atom stereocenters. The van der Waals surface area contributed by atoms with Gasteiger partial charge >= 0.3 is 5.97 Å². The van der Waals surface area contributed by atoms with E-state index in [0.29, 0.717) is 19.8 Å². The zero-order chi connectivity index (χ0) is 12.1. The number of carbonyl (C=O) groups is 1. The molecule has 92 valence electrons. The highest BCUT2D eigenvalue weighted by Crippen LogP contribution is 2.26. The van der Waals surface area contributed by atoms with Gasteiger partial charge in [0.05, 0.1) is 13.2 Å². The van der Waals surface area contributed by atoms with Crippen LogP contribution in [0.2, 0.25) is 0 Å². The van der Waals surface area contributed by atoms with Gasteiger partial charge in [-0.25, -0.2) is 0 Å². The summed E-state index contributed by atoms with van der Waals surface area (Å²) < 4.78 is 4.98. The maximum absolute atomic E-state index is 11.0. The molecule has 1 fully saturated rings. The molecule has 5 heteroatoms. The molecule has 1 aliphatic heterocycles. The summed E-state index contributed by atoms with van der Waals surface area (Å²) in [5, 5.41) is 12.2. The van der Waals surface area contributed by atoms with Gasteiger partial charge in [-0.3, -0.25) is 9.78 Å². The van der Waals surface area contributed by atoms with Crippen LogP contribution in [0.5, 0.6) is 0 Å². The maximum Gasteiger partial charge on any atom is 0.315 e. The molecule has 1 aromatic heterocycles. The summed E-state index contributed by atoms with van der Waals surface area (Å²) in [5.74, 6) is -0.783. The standard InChI is InChI=1S/C12H16N2O3/c15-11(16)12(8-17-9-12)7-13-6-4-10-3-1-2-5-14-10/h1-3,5,13H,4,6-9H2,(H,15,16). The van der Waals surface area contributed by atoms with Crippen molar-refractivity contribution in [2.45, 2.75) is 6.42 Å². The Morgan fingerprint density at radius 3 is 2.88 bits per heavy atom. The molecule has 0 aromatic carbocycles. The molecule has 0 saturated carbocycles. The Hall–Kier alpha value is -1.46. The molecule has 1 aromatic rings. The average molecular weight is 236 g/mol. The van der Waals surface area contributed by atoms with E-state index in [4.69, 9.17) is 9.84 Å². The van der Waals surface area contributed by atoms with E-state index in [1.807, 2.05) is 18.2 Å². The number of pyridine rings is 1. The zero-order valence-corrected chi connectivity index (χ0v) is 9.56. The summed E-state index contributed by atoms with van der Waals surface area (Å²) in [6, 6.07) is 5.78. The second-order valence-electron chi connectivity index (χ2n) is 4.33. The number of ether oxygens (including phenoxy) is 1. The molecular formula is C12H16N2O3. The molecule has 0 unspecified atom stereocenters. The van der Waals surface area contributed by atoms with E-state index in [9.17, 15) is 4.79 Å². The number of hydrogen-bond acceptors (Lipinski definition) is 4. The molecule has 0 spiro atoms. The quantitative estimate of drug-likeness (QED) is 0.696. The van der Waals surface area contributed by atoms with Crippen LogP contribution in [0.15, 0.2) is 24.4 Å². The van der Waals surface area contributed by atoms with Gasteiger partial charge < -0.3 is 15.2 Å². The number of carboxylic acid groups (broad SMARTS) is 1. The molecule has 0 bridgehead atoms. The zero-order valence-electron chi connectivity index (χ0n) is 9.56. The van der Waals surface area contributed by atoms with Crippen molar-refractivity contribution in [3.05, 3.63) is 30.1 Å². The summed E-state index contributed by atoms with van der Waals surface area (Å²) >= 11 is 0. The molecule has 2 rings (SSSR count). The normalized spacial score (nSPS) is 17.4. The Kier molecular flexibility index (Phi) is 3.71. The van der Waals surface area contributed by atoms with E-state index in [0.717, 1.165) is 18.7 Å². The lowest BCUT2D eigenvalue weighted by Gasteiger charge is -2.37. The Labute approximate surface area is 99.8 Å². The lowest BCUT2D eigenvalue weighted by atomic mass is 9.86. The van der Waals surface area contributed by atoms with Gasteiger partial charge in [0.15, 0.2) is 0 Å². The van der Waals surface area contributed by atoms with Gasteiger partial charge in [0.1, 0.15) is 5.41 Å². The topological polar surface area (TPSA) is 71.5 Å². The fraction of sp³-hybridized carbons (Fsp3) is 0.500. The van der Waals surface area contributed by atoms with Gasteiger partial charge in [0.25, 0.3) is 0 Å². The minimum Gasteiger partial charge on any atom is -0.481 e. The first-order chi connectivity index (χ1) is 8.23. The van der Waals surface area contributed by atoms with E-state index in [1.165, 1.54) is 0 Å². The van der Waals surface area contributed by atoms with Gasteiger partial charge in [-0.2, -0.15) is 0 Å². The molecule has 1 saturated heterocycles. The third kappa shape index (κ3) is 2.81. The van der Waals surface area contributed by atoms with Crippen LogP contribution >= 0.6 is 0 Å². The van der Waals surface area contributed by atoms with Crippen molar-refractivity contribution < 1.29 is 14.6 Å². The molecule has 0 aliphatic carbocycles. The molecule has 2 heterocycles. The Morgan fingerprint density at radius 1 is 1.53 bits per heavy atom. The highest BCUT2D eigenvalue weighted by molar-refractivity contribution is 5.76. The largest absolute Gasteiger partial charge is 0.481 e. The van der Waals surface area contributed by atoms with Crippen molar-refractivity contribution in [1.29, 1.82) is 0 Å². The van der Waals surface area contributed by atoms with Crippen molar-refractivity contribution in [2.24, 2.45) is 5.41 Å². The summed E-state index contributed by atoms with van der Waals surface area (Å²) in [5.41, 5.74) is 0.290. The number of aliphatic carboxylic acids is 1. The molecule has 1 aliphatic rings. The van der Waals surface area contributed by atoms with Crippen molar-refractivity contribution in [3.63, 3.8) is 0 Å². The first-order valence-corrected chi connectivity index (χ1v) is 5.65. The van der Waals surface area contributed by atoms with E-state index < -0.39 is 11.4 Å². The van der Waals surface area contributed by atoms with Crippen LogP contribution in [-0.4, -0.2) is 42.4 Å². The number of hydrogen-bond donors (Lipinski definition) is 2. The lowest BCUT2D eigenvalue weighted by Crippen LogP contribution is -2.55. The predicted molar refractivity (Wildman–Crippen MR) is 61.7 cm³/mol. The van der Waals surface area contributed by atoms with Crippen molar-refractivity contribution in [1.82, 2.24) is 10.3 Å². The SMILES string of the molecule is O=C(O)C1(CNCCc2ccccn2)COC1. The number of nitrogens with zero attached hydrogens (tertiary/aromatic N) is 1. The second-order valence-corrected chi connectivity index (χ2v) is 4.33. The highest BCUT2D eigenvalue weighted by Gasteiger charge is 2.45. The van der Waals surface area contributed by atoms with Crippen molar-refractivity contribution >= 4 is 5.97 Å². The predicted octanol–water partition coefficient (Wildman–Crippen LogP) is 0.315. The summed E-state index contributed by atoms with van der Waals surface area (Å²) in [6.07, 6.45) is 2.56. The molecule has 0 amide bonds. The van der Waals surface area contributed by atoms with Gasteiger partial charge in [0.2, 0.25) is 0 Å². The molecular weight excluding hydrogens is 220 g/mol. The first-order valence-electron chi connectivity index (χ1n) is 5.65. The number of carboxylic acids is 1. The fourth-order valence-corrected chi connectivity index (χ4v) is 1.74. The third-order valence-corrected chi connectivity index (χ3v) is 2.96. The minimum atomic E-state index is -0.783. The summed E-state index contributed by atoms with van der Waals surface area (Å²) in [7, 11) is 0. The van der Waals surface area contributed by atoms with Crippen LogP contribution in [0.25, 0.3) is 0 Å². The van der Waals surface area contributed by atoms with Crippen LogP contribution in [0, 0.1) is 5.41 Å². The van der Waals surface area contributed by atoms with Crippen LogP contribution in [0.3, 0.4) is 0 Å². The van der Waals surface area contributed by atoms with Gasteiger partial charge in [0, 0.05) is 31.4 Å². The van der Waals surface area contributed by atoms with Gasteiger partial charge in [-0.1, -0.05) is 6.07 Å². The van der Waals surface area contributed by atoms with E-state index in [-0.39, 0.29) is 0 Å². The number of nitrogens with one attached hydrogen (secondary N) is 1. The molecule has 2 N–H and O–H groups in total. The Bertz CT molecular complexity index is 377. The number of aromatic nitrogens is 1. The van der Waals surface area contributed by atoms with Crippen molar-refractivity contribution in [3.8, 4) is 0 Å². The van der Waals surface area contributed by atoms with Crippen molar-refractivity contribution in [2.75, 3.05) is 26.3 Å². The van der Waals surface area contributed by atoms with Crippen LogP contribution < -0.4 is 5.32 Å². The third-order valence-electron chi connectivity index (χ3n) is 2.96. The van der Waals surface area contributed by atoms with E-state index >= 15 is 0 Å². The van der Waals surface area contributed by atoms with Crippen LogP contribution in [0.1, 0.15) is 5.69 Å². The Balaban J connectivity index is 1.71. The fourth-order valence-electron chi connectivity index (χ4n) is 1.74. The molecule has 5 nitrogen and oxygen atoms in total. The lowest BCUT2D eigenvalue weighted by molar-refractivity contribution is -0.178. The van der Waals surface area contributed by atoms with E-state index in [2.05, 4.69) is 10.3 Å². The van der Waals surface area contributed by atoms with Gasteiger partial charge in [-0.15, -0.1) is 0 Å². The molecule has 0 radical (unpaired) electrons. The van der Waals surface area contributed by atoms with E-state index in [1.54, 1.807) is 6.20 Å². The minimum absolute atomic E-state index is 0.304. The number of rotatable bonds is 6. The maximum atomic E-state index is 11.0. The van der Waals surface area contributed by atoms with Crippen LogP contribution in [-0.2, 0) is 16.0 Å². The summed E-state index contributed by atoms with van der Waals surface area (Å²) in [4.78, 5) is 15.2. The van der Waals surface area contributed by atoms with Gasteiger partial charge in [-0.05, 0) is 12.1 Å². The average Bonchev–Trinajstić information content (AvgIpc) is 2.27. The second kappa shape index (κ2) is 5.25. The smallest absolute Gasteiger partial charge is 0.315 e. The van der Waals surface area contributed by atoms with Crippen LogP contribution in [0.4, 0.5) is 0 Å². The highest BCUT2D eigenvalue weighted by atomic mass is 16.5.